The fraction of sp³-hybridized carbons (Fsp3) is 0.316. The van der Waals surface area contributed by atoms with Crippen molar-refractivity contribution in [3.8, 4) is 0 Å². The van der Waals surface area contributed by atoms with Gasteiger partial charge in [0, 0.05) is 26.2 Å². The summed E-state index contributed by atoms with van der Waals surface area (Å²) in [5, 5.41) is 3.57. The summed E-state index contributed by atoms with van der Waals surface area (Å²) in [5.41, 5.74) is 1.00. The highest BCUT2D eigenvalue weighted by Gasteiger charge is 2.24. The molecule has 0 atom stereocenters. The fourth-order valence-electron chi connectivity index (χ4n) is 3.27. The van der Waals surface area contributed by atoms with E-state index in [1.165, 1.54) is 17.4 Å². The molecule has 3 heterocycles. The zero-order valence-corrected chi connectivity index (χ0v) is 16.0. The molecule has 4 rings (SSSR count). The molecule has 6 nitrogen and oxygen atoms in total. The highest BCUT2D eigenvalue weighted by Crippen LogP contribution is 2.35. The van der Waals surface area contributed by atoms with Crippen LogP contribution in [0.3, 0.4) is 0 Å². The van der Waals surface area contributed by atoms with Crippen molar-refractivity contribution in [1.29, 1.82) is 0 Å². The molecule has 1 N–H and O–H groups in total. The molecule has 0 bridgehead atoms. The van der Waals surface area contributed by atoms with E-state index < -0.39 is 5.82 Å². The van der Waals surface area contributed by atoms with Crippen LogP contribution in [0.4, 0.5) is 15.9 Å². The molecule has 1 amide bonds. The summed E-state index contributed by atoms with van der Waals surface area (Å²) >= 11 is 1.31. The lowest BCUT2D eigenvalue weighted by atomic mass is 10.1. The van der Waals surface area contributed by atoms with Crippen LogP contribution < -0.4 is 10.2 Å². The zero-order chi connectivity index (χ0) is 19.0. The SMILES string of the molecule is Cc1c(C(=O)Nc2ccccc2F)sc2ncnc(N3CCN(C)CC3)c12. The fourth-order valence-corrected chi connectivity index (χ4v) is 4.31. The van der Waals surface area contributed by atoms with Crippen molar-refractivity contribution in [2.24, 2.45) is 0 Å². The predicted octanol–water partition coefficient (Wildman–Crippen LogP) is 3.14. The summed E-state index contributed by atoms with van der Waals surface area (Å²) in [5.74, 6) is 0.0826. The smallest absolute Gasteiger partial charge is 0.266 e. The molecule has 1 aliphatic rings. The standard InChI is InChI=1S/C19H20FN5OS/c1-12-15-17(25-9-7-24(2)8-10-25)21-11-22-19(15)27-16(12)18(26)23-14-6-4-3-5-13(14)20/h3-6,11H,7-10H2,1-2H3,(H,23,26). The van der Waals surface area contributed by atoms with Gasteiger partial charge in [-0.3, -0.25) is 4.79 Å². The number of para-hydroxylation sites is 1. The van der Waals surface area contributed by atoms with Gasteiger partial charge >= 0.3 is 0 Å². The zero-order valence-electron chi connectivity index (χ0n) is 15.2. The van der Waals surface area contributed by atoms with Crippen LogP contribution in [0, 0.1) is 12.7 Å². The van der Waals surface area contributed by atoms with Gasteiger partial charge in [-0.15, -0.1) is 11.3 Å². The van der Waals surface area contributed by atoms with E-state index in [4.69, 9.17) is 0 Å². The molecule has 0 spiro atoms. The van der Waals surface area contributed by atoms with E-state index in [-0.39, 0.29) is 11.6 Å². The summed E-state index contributed by atoms with van der Waals surface area (Å²) in [7, 11) is 2.11. The van der Waals surface area contributed by atoms with Crippen LogP contribution in [0.1, 0.15) is 15.2 Å². The van der Waals surface area contributed by atoms with Crippen LogP contribution in [0.25, 0.3) is 10.2 Å². The average Bonchev–Trinajstić information content (AvgIpc) is 3.01. The van der Waals surface area contributed by atoms with Gasteiger partial charge in [0.2, 0.25) is 0 Å². The van der Waals surface area contributed by atoms with E-state index in [9.17, 15) is 9.18 Å². The van der Waals surface area contributed by atoms with E-state index in [2.05, 4.69) is 32.1 Å². The Kier molecular flexibility index (Phi) is 4.75. The van der Waals surface area contributed by atoms with Crippen molar-refractivity contribution < 1.29 is 9.18 Å². The molecule has 0 aliphatic carbocycles. The minimum atomic E-state index is -0.456. The summed E-state index contributed by atoms with van der Waals surface area (Å²) in [6, 6.07) is 6.15. The molecule has 3 aromatic rings. The number of anilines is 2. The van der Waals surface area contributed by atoms with Gasteiger partial charge in [-0.2, -0.15) is 0 Å². The number of aromatic nitrogens is 2. The minimum absolute atomic E-state index is 0.171. The van der Waals surface area contributed by atoms with E-state index in [0.29, 0.717) is 4.88 Å². The van der Waals surface area contributed by atoms with Gasteiger partial charge in [-0.1, -0.05) is 12.1 Å². The molecule has 0 saturated carbocycles. The number of aryl methyl sites for hydroxylation is 1. The normalized spacial score (nSPS) is 15.3. The number of thiophene rings is 1. The van der Waals surface area contributed by atoms with Crippen molar-refractivity contribution in [3.63, 3.8) is 0 Å². The van der Waals surface area contributed by atoms with Gasteiger partial charge in [0.25, 0.3) is 5.91 Å². The van der Waals surface area contributed by atoms with Crippen LogP contribution >= 0.6 is 11.3 Å². The molecule has 1 aliphatic heterocycles. The number of piperazine rings is 1. The first-order valence-corrected chi connectivity index (χ1v) is 9.59. The maximum Gasteiger partial charge on any atom is 0.266 e. The van der Waals surface area contributed by atoms with E-state index in [1.54, 1.807) is 24.5 Å². The lowest BCUT2D eigenvalue weighted by Gasteiger charge is -2.33. The number of halogens is 1. The highest BCUT2D eigenvalue weighted by molar-refractivity contribution is 7.20. The third kappa shape index (κ3) is 3.38. The van der Waals surface area contributed by atoms with Crippen LogP contribution in [0.2, 0.25) is 0 Å². The Bertz CT molecular complexity index is 997. The van der Waals surface area contributed by atoms with Crippen molar-refractivity contribution in [2.45, 2.75) is 6.92 Å². The number of hydrogen-bond donors (Lipinski definition) is 1. The lowest BCUT2D eigenvalue weighted by Crippen LogP contribution is -2.44. The molecule has 1 aromatic carbocycles. The lowest BCUT2D eigenvalue weighted by molar-refractivity contribution is 0.102. The number of hydrogen-bond acceptors (Lipinski definition) is 6. The average molecular weight is 385 g/mol. The second-order valence-corrected chi connectivity index (χ2v) is 7.66. The van der Waals surface area contributed by atoms with Crippen molar-refractivity contribution in [1.82, 2.24) is 14.9 Å². The van der Waals surface area contributed by atoms with Gasteiger partial charge < -0.3 is 15.1 Å². The first-order valence-electron chi connectivity index (χ1n) is 8.78. The first kappa shape index (κ1) is 17.8. The van der Waals surface area contributed by atoms with Crippen molar-refractivity contribution in [3.05, 3.63) is 46.9 Å². The number of carbonyl (C=O) groups excluding carboxylic acids is 1. The third-order valence-corrected chi connectivity index (χ3v) is 6.04. The van der Waals surface area contributed by atoms with Gasteiger partial charge in [-0.05, 0) is 31.7 Å². The molecular weight excluding hydrogens is 365 g/mol. The minimum Gasteiger partial charge on any atom is -0.353 e. The Hall–Kier alpha value is -2.58. The molecular formula is C19H20FN5OS. The van der Waals surface area contributed by atoms with Gasteiger partial charge in [0.15, 0.2) is 0 Å². The van der Waals surface area contributed by atoms with E-state index in [1.807, 2.05) is 6.92 Å². The Morgan fingerprint density at radius 1 is 1.19 bits per heavy atom. The van der Waals surface area contributed by atoms with E-state index >= 15 is 0 Å². The molecule has 27 heavy (non-hydrogen) atoms. The number of carbonyl (C=O) groups is 1. The van der Waals surface area contributed by atoms with Gasteiger partial charge in [-0.25, -0.2) is 14.4 Å². The highest BCUT2D eigenvalue weighted by atomic mass is 32.1. The number of amides is 1. The Morgan fingerprint density at radius 2 is 1.93 bits per heavy atom. The van der Waals surface area contributed by atoms with Crippen LogP contribution in [0.15, 0.2) is 30.6 Å². The van der Waals surface area contributed by atoms with E-state index in [0.717, 1.165) is 47.8 Å². The first-order chi connectivity index (χ1) is 13.0. The molecule has 2 aromatic heterocycles. The third-order valence-electron chi connectivity index (χ3n) is 4.84. The maximum atomic E-state index is 13.9. The monoisotopic (exact) mass is 385 g/mol. The largest absolute Gasteiger partial charge is 0.353 e. The molecule has 1 saturated heterocycles. The summed E-state index contributed by atoms with van der Waals surface area (Å²) in [4.78, 5) is 27.4. The molecule has 0 unspecified atom stereocenters. The second-order valence-electron chi connectivity index (χ2n) is 6.66. The number of fused-ring (bicyclic) bond motifs is 1. The molecule has 8 heteroatoms. The topological polar surface area (TPSA) is 61.4 Å². The maximum absolute atomic E-state index is 13.9. The summed E-state index contributed by atoms with van der Waals surface area (Å²) in [6.07, 6.45) is 1.55. The summed E-state index contributed by atoms with van der Waals surface area (Å²) in [6.45, 7) is 5.60. The van der Waals surface area contributed by atoms with Crippen LogP contribution in [-0.4, -0.2) is 54.0 Å². The number of likely N-dealkylation sites (N-methyl/N-ethyl adjacent to an activating group) is 1. The Balaban J connectivity index is 1.69. The quantitative estimate of drug-likeness (QED) is 0.751. The number of nitrogens with zero attached hydrogens (tertiary/aromatic N) is 4. The molecule has 0 radical (unpaired) electrons. The predicted molar refractivity (Wildman–Crippen MR) is 106 cm³/mol. The summed E-state index contributed by atoms with van der Waals surface area (Å²) < 4.78 is 13.9. The van der Waals surface area contributed by atoms with Gasteiger partial charge in [0.1, 0.15) is 22.8 Å². The molecule has 1 fully saturated rings. The van der Waals surface area contributed by atoms with Crippen LogP contribution in [-0.2, 0) is 0 Å². The van der Waals surface area contributed by atoms with Crippen molar-refractivity contribution in [2.75, 3.05) is 43.4 Å². The Morgan fingerprint density at radius 3 is 2.67 bits per heavy atom. The number of rotatable bonds is 3. The number of benzene rings is 1. The van der Waals surface area contributed by atoms with Gasteiger partial charge in [0.05, 0.1) is 16.0 Å². The number of nitrogens with one attached hydrogen (secondary N) is 1. The Labute approximate surface area is 160 Å². The second kappa shape index (κ2) is 7.21. The van der Waals surface area contributed by atoms with Crippen LogP contribution in [0.5, 0.6) is 0 Å². The van der Waals surface area contributed by atoms with Crippen molar-refractivity contribution >= 4 is 39.0 Å². The molecule has 140 valence electrons.